The first-order chi connectivity index (χ1) is 13.7. The average molecular weight is 404 g/mol. The predicted molar refractivity (Wildman–Crippen MR) is 107 cm³/mol. The number of benzene rings is 1. The Hall–Kier alpha value is -2.90. The summed E-state index contributed by atoms with van der Waals surface area (Å²) in [6.45, 7) is 5.83. The number of carbonyl (C=O) groups is 4. The Bertz CT molecular complexity index is 769. The van der Waals surface area contributed by atoms with Gasteiger partial charge >= 0.3 is 12.1 Å². The summed E-state index contributed by atoms with van der Waals surface area (Å²) in [5, 5.41) is 2.55. The van der Waals surface area contributed by atoms with Crippen molar-refractivity contribution in [2.45, 2.75) is 52.1 Å². The Labute approximate surface area is 170 Å². The van der Waals surface area contributed by atoms with Crippen LogP contribution in [0.5, 0.6) is 0 Å². The quantitative estimate of drug-likeness (QED) is 0.406. The molecule has 1 aromatic rings. The van der Waals surface area contributed by atoms with E-state index in [9.17, 15) is 19.2 Å². The van der Waals surface area contributed by atoms with Gasteiger partial charge in [0.05, 0.1) is 0 Å². The molecule has 2 rings (SSSR count). The molecule has 158 valence electrons. The number of hydrogen-bond donors (Lipinski definition) is 1. The minimum Gasteiger partial charge on any atom is -0.457 e. The van der Waals surface area contributed by atoms with Gasteiger partial charge in [0.2, 0.25) is 5.91 Å². The zero-order chi connectivity index (χ0) is 21.4. The highest BCUT2D eigenvalue weighted by Gasteiger charge is 2.22. The molecular weight excluding hydrogens is 376 g/mol. The van der Waals surface area contributed by atoms with Crippen molar-refractivity contribution in [3.8, 4) is 0 Å². The molecule has 0 atom stereocenters. The van der Waals surface area contributed by atoms with Crippen LogP contribution < -0.4 is 10.2 Å². The number of nitrogens with one attached hydrogen (secondary N) is 1. The maximum absolute atomic E-state index is 12.3. The van der Waals surface area contributed by atoms with Gasteiger partial charge in [0.15, 0.2) is 12.4 Å². The number of amides is 2. The van der Waals surface area contributed by atoms with E-state index in [1.807, 2.05) is 0 Å². The summed E-state index contributed by atoms with van der Waals surface area (Å²) in [5.41, 5.74) is 0.488. The molecule has 0 bridgehead atoms. The normalized spacial score (nSPS) is 13.9. The van der Waals surface area contributed by atoms with Crippen LogP contribution in [0.4, 0.5) is 10.5 Å². The second kappa shape index (κ2) is 10.0. The van der Waals surface area contributed by atoms with Crippen LogP contribution in [-0.2, 0) is 19.1 Å². The van der Waals surface area contributed by atoms with Gasteiger partial charge in [0, 0.05) is 37.2 Å². The molecule has 0 spiro atoms. The lowest BCUT2D eigenvalue weighted by Gasteiger charge is -2.19. The van der Waals surface area contributed by atoms with E-state index in [4.69, 9.17) is 9.47 Å². The fourth-order valence-corrected chi connectivity index (χ4v) is 2.81. The van der Waals surface area contributed by atoms with Gasteiger partial charge in [-0.15, -0.1) is 0 Å². The summed E-state index contributed by atoms with van der Waals surface area (Å²) in [7, 11) is 0. The highest BCUT2D eigenvalue weighted by molar-refractivity contribution is 6.01. The first-order valence-corrected chi connectivity index (χ1v) is 9.72. The van der Waals surface area contributed by atoms with Gasteiger partial charge in [-0.1, -0.05) is 12.1 Å². The Morgan fingerprint density at radius 2 is 1.97 bits per heavy atom. The largest absolute Gasteiger partial charge is 0.457 e. The maximum atomic E-state index is 12.3. The van der Waals surface area contributed by atoms with Crippen molar-refractivity contribution >= 4 is 29.4 Å². The third-order valence-corrected chi connectivity index (χ3v) is 4.14. The fourth-order valence-electron chi connectivity index (χ4n) is 2.81. The molecule has 1 aliphatic heterocycles. The number of ether oxygens (including phenoxy) is 2. The van der Waals surface area contributed by atoms with Gasteiger partial charge in [-0.2, -0.15) is 0 Å². The van der Waals surface area contributed by atoms with Crippen LogP contribution in [0.25, 0.3) is 0 Å². The molecule has 1 fully saturated rings. The number of hydrogen-bond acceptors (Lipinski definition) is 6. The summed E-state index contributed by atoms with van der Waals surface area (Å²) < 4.78 is 10.1. The third kappa shape index (κ3) is 7.56. The molecular formula is C21H28N2O6. The number of Topliss-reactive ketones (excluding diaryl/α,β-unsaturated/α-hetero) is 1. The van der Waals surface area contributed by atoms with E-state index >= 15 is 0 Å². The molecule has 0 radical (unpaired) electrons. The van der Waals surface area contributed by atoms with E-state index in [2.05, 4.69) is 5.32 Å². The third-order valence-electron chi connectivity index (χ3n) is 4.14. The Morgan fingerprint density at radius 3 is 2.62 bits per heavy atom. The number of esters is 1. The molecule has 29 heavy (non-hydrogen) atoms. The van der Waals surface area contributed by atoms with E-state index in [0.717, 1.165) is 6.42 Å². The van der Waals surface area contributed by atoms with Crippen molar-refractivity contribution in [2.75, 3.05) is 24.6 Å². The first kappa shape index (κ1) is 22.4. The lowest BCUT2D eigenvalue weighted by molar-refractivity contribution is -0.142. The minimum atomic E-state index is -0.581. The number of carbonyl (C=O) groups excluding carboxylic acids is 4. The molecule has 1 heterocycles. The van der Waals surface area contributed by atoms with Crippen LogP contribution in [-0.4, -0.2) is 49.1 Å². The Kier molecular flexibility index (Phi) is 7.75. The Morgan fingerprint density at radius 1 is 1.21 bits per heavy atom. The SMILES string of the molecule is CC(C)(C)OC(=O)NCCCC(=O)OCC(=O)c1cccc(N2CCCC2=O)c1. The highest BCUT2D eigenvalue weighted by Crippen LogP contribution is 2.22. The fraction of sp³-hybridized carbons (Fsp3) is 0.524. The summed E-state index contributed by atoms with van der Waals surface area (Å²) in [6, 6.07) is 6.76. The van der Waals surface area contributed by atoms with Crippen LogP contribution >= 0.6 is 0 Å². The lowest BCUT2D eigenvalue weighted by Crippen LogP contribution is -2.33. The smallest absolute Gasteiger partial charge is 0.407 e. The van der Waals surface area contributed by atoms with Gasteiger partial charge < -0.3 is 19.7 Å². The molecule has 0 aliphatic carbocycles. The average Bonchev–Trinajstić information content (AvgIpc) is 3.08. The van der Waals surface area contributed by atoms with Crippen molar-refractivity contribution in [2.24, 2.45) is 0 Å². The molecule has 8 heteroatoms. The number of alkyl carbamates (subject to hydrolysis) is 1. The van der Waals surface area contributed by atoms with E-state index < -0.39 is 17.7 Å². The summed E-state index contributed by atoms with van der Waals surface area (Å²) in [5.74, 6) is -0.810. The summed E-state index contributed by atoms with van der Waals surface area (Å²) in [6.07, 6.45) is 1.22. The monoisotopic (exact) mass is 404 g/mol. The van der Waals surface area contributed by atoms with Gasteiger partial charge in [0.25, 0.3) is 0 Å². The molecule has 8 nitrogen and oxygen atoms in total. The molecule has 1 aromatic carbocycles. The number of anilines is 1. The first-order valence-electron chi connectivity index (χ1n) is 9.72. The summed E-state index contributed by atoms with van der Waals surface area (Å²) in [4.78, 5) is 49.1. The van der Waals surface area contributed by atoms with Gasteiger partial charge in [-0.05, 0) is 45.7 Å². The van der Waals surface area contributed by atoms with Crippen molar-refractivity contribution < 1.29 is 28.7 Å². The summed E-state index contributed by atoms with van der Waals surface area (Å²) >= 11 is 0. The highest BCUT2D eigenvalue weighted by atomic mass is 16.6. The van der Waals surface area contributed by atoms with Crippen molar-refractivity contribution in [3.05, 3.63) is 29.8 Å². The van der Waals surface area contributed by atoms with Crippen LogP contribution in [0, 0.1) is 0 Å². The minimum absolute atomic E-state index is 0.0426. The van der Waals surface area contributed by atoms with E-state index in [0.29, 0.717) is 30.6 Å². The van der Waals surface area contributed by atoms with Gasteiger partial charge in [-0.25, -0.2) is 4.79 Å². The van der Waals surface area contributed by atoms with Crippen LogP contribution in [0.2, 0.25) is 0 Å². The lowest BCUT2D eigenvalue weighted by atomic mass is 10.1. The Balaban J connectivity index is 1.71. The molecule has 0 unspecified atom stereocenters. The predicted octanol–water partition coefficient (Wildman–Crippen LogP) is 2.84. The standard InChI is InChI=1S/C21H28N2O6/c1-21(2,3)29-20(27)22-11-5-10-19(26)28-14-17(24)15-7-4-8-16(13-15)23-12-6-9-18(23)25/h4,7-8,13H,5-6,9-12,14H2,1-3H3,(H,22,27). The number of rotatable bonds is 8. The molecule has 2 amide bonds. The molecule has 0 aromatic heterocycles. The van der Waals surface area contributed by atoms with E-state index in [1.54, 1.807) is 49.9 Å². The topological polar surface area (TPSA) is 102 Å². The zero-order valence-electron chi connectivity index (χ0n) is 17.2. The van der Waals surface area contributed by atoms with Crippen LogP contribution in [0.1, 0.15) is 56.8 Å². The second-order valence-electron chi connectivity index (χ2n) is 7.82. The van der Waals surface area contributed by atoms with Gasteiger partial charge in [0.1, 0.15) is 5.60 Å². The zero-order valence-corrected chi connectivity index (χ0v) is 17.2. The van der Waals surface area contributed by atoms with Crippen molar-refractivity contribution in [1.82, 2.24) is 5.32 Å². The van der Waals surface area contributed by atoms with Gasteiger partial charge in [-0.3, -0.25) is 14.4 Å². The number of ketones is 1. The van der Waals surface area contributed by atoms with E-state index in [1.165, 1.54) is 0 Å². The second-order valence-corrected chi connectivity index (χ2v) is 7.82. The van der Waals surface area contributed by atoms with Crippen molar-refractivity contribution in [3.63, 3.8) is 0 Å². The van der Waals surface area contributed by atoms with Crippen LogP contribution in [0.3, 0.4) is 0 Å². The van der Waals surface area contributed by atoms with Crippen LogP contribution in [0.15, 0.2) is 24.3 Å². The van der Waals surface area contributed by atoms with Crippen molar-refractivity contribution in [1.29, 1.82) is 0 Å². The molecule has 1 aliphatic rings. The number of nitrogens with zero attached hydrogens (tertiary/aromatic N) is 1. The molecule has 1 saturated heterocycles. The molecule has 0 saturated carbocycles. The maximum Gasteiger partial charge on any atom is 0.407 e. The van der Waals surface area contributed by atoms with E-state index in [-0.39, 0.29) is 31.3 Å². The molecule has 1 N–H and O–H groups in total.